The predicted octanol–water partition coefficient (Wildman–Crippen LogP) is 2.07. The molecule has 0 aromatic carbocycles. The minimum Gasteiger partial charge on any atom is -0.480 e. The van der Waals surface area contributed by atoms with Gasteiger partial charge < -0.3 is 10.4 Å². The Hall–Kier alpha value is -1.63. The van der Waals surface area contributed by atoms with Crippen molar-refractivity contribution in [2.75, 3.05) is 5.32 Å². The fourth-order valence-electron chi connectivity index (χ4n) is 1.37. The van der Waals surface area contributed by atoms with Crippen LogP contribution >= 0.6 is 11.3 Å². The Labute approximate surface area is 109 Å². The number of carboxylic acid groups (broad SMARTS) is 1. The summed E-state index contributed by atoms with van der Waals surface area (Å²) in [5.74, 6) is -1.17. The van der Waals surface area contributed by atoms with Crippen LogP contribution in [0.5, 0.6) is 0 Å². The fraction of sp³-hybridized carbons (Fsp3) is 0.545. The first kappa shape index (κ1) is 14.4. The topological polar surface area (TPSA) is 91.3 Å². The molecule has 0 aliphatic heterocycles. The van der Waals surface area contributed by atoms with E-state index in [0.717, 1.165) is 4.88 Å². The highest BCUT2D eigenvalue weighted by Gasteiger charge is 2.25. The minimum absolute atomic E-state index is 0.133. The van der Waals surface area contributed by atoms with E-state index < -0.39 is 18.0 Å². The third kappa shape index (κ3) is 3.99. The van der Waals surface area contributed by atoms with Gasteiger partial charge in [-0.15, -0.1) is 11.3 Å². The van der Waals surface area contributed by atoms with Gasteiger partial charge in [-0.1, -0.05) is 20.3 Å². The van der Waals surface area contributed by atoms with Gasteiger partial charge in [0, 0.05) is 11.1 Å². The molecule has 0 aliphatic carbocycles. The number of anilines is 1. The average molecular weight is 271 g/mol. The first-order valence-corrected chi connectivity index (χ1v) is 6.48. The molecule has 0 aliphatic rings. The molecule has 6 nitrogen and oxygen atoms in total. The molecule has 2 atom stereocenters. The molecule has 0 radical (unpaired) electrons. The van der Waals surface area contributed by atoms with Crippen molar-refractivity contribution < 1.29 is 14.7 Å². The van der Waals surface area contributed by atoms with E-state index in [1.54, 1.807) is 13.1 Å². The molecule has 0 saturated heterocycles. The second-order valence-electron chi connectivity index (χ2n) is 4.08. The number of aryl methyl sites for hydroxylation is 1. The van der Waals surface area contributed by atoms with Crippen molar-refractivity contribution in [3.05, 3.63) is 11.1 Å². The zero-order chi connectivity index (χ0) is 13.7. The average Bonchev–Trinajstić information content (AvgIpc) is 2.70. The van der Waals surface area contributed by atoms with E-state index in [0.29, 0.717) is 11.6 Å². The predicted molar refractivity (Wildman–Crippen MR) is 69.9 cm³/mol. The molecule has 18 heavy (non-hydrogen) atoms. The molecule has 7 heteroatoms. The summed E-state index contributed by atoms with van der Waals surface area (Å²) < 4.78 is 0. The summed E-state index contributed by atoms with van der Waals surface area (Å²) in [6.45, 7) is 5.54. The summed E-state index contributed by atoms with van der Waals surface area (Å²) >= 11 is 1.34. The number of amides is 2. The largest absolute Gasteiger partial charge is 0.480 e. The maximum Gasteiger partial charge on any atom is 0.326 e. The van der Waals surface area contributed by atoms with Crippen LogP contribution in [0.2, 0.25) is 0 Å². The van der Waals surface area contributed by atoms with Crippen molar-refractivity contribution in [2.24, 2.45) is 5.92 Å². The van der Waals surface area contributed by atoms with Crippen LogP contribution in [0.15, 0.2) is 6.20 Å². The molecule has 1 aromatic rings. The van der Waals surface area contributed by atoms with Crippen LogP contribution in [0.4, 0.5) is 9.93 Å². The van der Waals surface area contributed by atoms with Gasteiger partial charge in [-0.05, 0) is 12.8 Å². The lowest BCUT2D eigenvalue weighted by molar-refractivity contribution is -0.140. The fourth-order valence-corrected chi connectivity index (χ4v) is 2.03. The smallest absolute Gasteiger partial charge is 0.326 e. The molecular weight excluding hydrogens is 254 g/mol. The summed E-state index contributed by atoms with van der Waals surface area (Å²) in [6, 6.07) is -1.44. The van der Waals surface area contributed by atoms with Crippen LogP contribution in [0, 0.1) is 12.8 Å². The quantitative estimate of drug-likeness (QED) is 0.764. The maximum absolute atomic E-state index is 11.6. The Morgan fingerprint density at radius 3 is 2.67 bits per heavy atom. The van der Waals surface area contributed by atoms with Gasteiger partial charge in [0.2, 0.25) is 0 Å². The van der Waals surface area contributed by atoms with Crippen molar-refractivity contribution >= 4 is 28.5 Å². The number of carbonyl (C=O) groups excluding carboxylic acids is 1. The zero-order valence-corrected chi connectivity index (χ0v) is 11.4. The van der Waals surface area contributed by atoms with E-state index in [2.05, 4.69) is 15.6 Å². The molecular formula is C11H17N3O3S. The van der Waals surface area contributed by atoms with Crippen LogP contribution in [-0.2, 0) is 4.79 Å². The normalized spacial score (nSPS) is 13.7. The number of urea groups is 1. The summed E-state index contributed by atoms with van der Waals surface area (Å²) in [5.41, 5.74) is 0. The van der Waals surface area contributed by atoms with Crippen molar-refractivity contribution in [2.45, 2.75) is 33.2 Å². The Morgan fingerprint density at radius 2 is 2.22 bits per heavy atom. The van der Waals surface area contributed by atoms with Gasteiger partial charge in [0.25, 0.3) is 0 Å². The van der Waals surface area contributed by atoms with E-state index >= 15 is 0 Å². The molecule has 0 fully saturated rings. The Morgan fingerprint density at radius 1 is 1.56 bits per heavy atom. The summed E-state index contributed by atoms with van der Waals surface area (Å²) in [4.78, 5) is 27.6. The molecule has 3 N–H and O–H groups in total. The molecule has 0 bridgehead atoms. The summed E-state index contributed by atoms with van der Waals surface area (Å²) in [6.07, 6.45) is 2.32. The lowest BCUT2D eigenvalue weighted by atomic mass is 10.00. The van der Waals surface area contributed by atoms with Gasteiger partial charge in [0.1, 0.15) is 6.04 Å². The van der Waals surface area contributed by atoms with E-state index in [-0.39, 0.29) is 5.92 Å². The van der Waals surface area contributed by atoms with Crippen LogP contribution in [0.25, 0.3) is 0 Å². The number of hydrogen-bond acceptors (Lipinski definition) is 4. The SMILES string of the molecule is CCC(C)C(NC(=O)Nc1ncc(C)s1)C(=O)O. The molecule has 2 unspecified atom stereocenters. The highest BCUT2D eigenvalue weighted by Crippen LogP contribution is 2.16. The van der Waals surface area contributed by atoms with Crippen molar-refractivity contribution in [1.29, 1.82) is 0 Å². The van der Waals surface area contributed by atoms with Crippen molar-refractivity contribution in [3.8, 4) is 0 Å². The highest BCUT2D eigenvalue weighted by atomic mass is 32.1. The third-order valence-electron chi connectivity index (χ3n) is 2.61. The van der Waals surface area contributed by atoms with Crippen LogP contribution in [0.3, 0.4) is 0 Å². The number of hydrogen-bond donors (Lipinski definition) is 3. The van der Waals surface area contributed by atoms with Gasteiger partial charge >= 0.3 is 12.0 Å². The van der Waals surface area contributed by atoms with Crippen LogP contribution in [-0.4, -0.2) is 28.1 Å². The summed E-state index contributed by atoms with van der Waals surface area (Å²) in [7, 11) is 0. The monoisotopic (exact) mass is 271 g/mol. The molecule has 1 aromatic heterocycles. The molecule has 1 rings (SSSR count). The highest BCUT2D eigenvalue weighted by molar-refractivity contribution is 7.15. The van der Waals surface area contributed by atoms with E-state index in [4.69, 9.17) is 5.11 Å². The molecule has 0 spiro atoms. The number of thiazole rings is 1. The lowest BCUT2D eigenvalue weighted by Crippen LogP contribution is -2.46. The first-order valence-electron chi connectivity index (χ1n) is 5.66. The molecule has 1 heterocycles. The Balaban J connectivity index is 2.59. The number of rotatable bonds is 5. The van der Waals surface area contributed by atoms with Gasteiger partial charge in [0.05, 0.1) is 0 Å². The van der Waals surface area contributed by atoms with E-state index in [9.17, 15) is 9.59 Å². The van der Waals surface area contributed by atoms with Crippen molar-refractivity contribution in [3.63, 3.8) is 0 Å². The Bertz CT molecular complexity index is 433. The molecule has 2 amide bonds. The van der Waals surface area contributed by atoms with Gasteiger partial charge in [-0.2, -0.15) is 0 Å². The lowest BCUT2D eigenvalue weighted by Gasteiger charge is -2.19. The van der Waals surface area contributed by atoms with E-state index in [1.807, 2.05) is 13.8 Å². The van der Waals surface area contributed by atoms with Gasteiger partial charge in [0.15, 0.2) is 5.13 Å². The second kappa shape index (κ2) is 6.34. The summed E-state index contributed by atoms with van der Waals surface area (Å²) in [5, 5.41) is 14.5. The number of aliphatic carboxylic acids is 1. The van der Waals surface area contributed by atoms with Crippen molar-refractivity contribution in [1.82, 2.24) is 10.3 Å². The third-order valence-corrected chi connectivity index (χ3v) is 3.44. The van der Waals surface area contributed by atoms with Gasteiger partial charge in [-0.25, -0.2) is 14.6 Å². The zero-order valence-electron chi connectivity index (χ0n) is 10.6. The Kier molecular flexibility index (Phi) is 5.08. The molecule has 100 valence electrons. The maximum atomic E-state index is 11.6. The first-order chi connectivity index (χ1) is 8.43. The number of nitrogens with one attached hydrogen (secondary N) is 2. The number of carboxylic acids is 1. The van der Waals surface area contributed by atoms with Crippen LogP contribution < -0.4 is 10.6 Å². The standard InChI is InChI=1S/C11H17N3O3S/c1-4-6(2)8(9(15)16)13-10(17)14-11-12-5-7(3)18-11/h5-6,8H,4H2,1-3H3,(H,15,16)(H2,12,13,14,17). The van der Waals surface area contributed by atoms with E-state index in [1.165, 1.54) is 11.3 Å². The molecule has 0 saturated carbocycles. The minimum atomic E-state index is -1.03. The van der Waals surface area contributed by atoms with Gasteiger partial charge in [-0.3, -0.25) is 5.32 Å². The number of nitrogens with zero attached hydrogens (tertiary/aromatic N) is 1. The van der Waals surface area contributed by atoms with Crippen LogP contribution in [0.1, 0.15) is 25.1 Å². The number of carbonyl (C=O) groups is 2. The number of aromatic nitrogens is 1. The second-order valence-corrected chi connectivity index (χ2v) is 5.31.